The van der Waals surface area contributed by atoms with Gasteiger partial charge in [0, 0.05) is 12.7 Å². The molecule has 2 aromatic carbocycles. The number of esters is 1. The SMILES string of the molecule is COCCOCCOCCOCCOCCOCCOCCOCCOCC#Cc1cccc(C(=O)OCc2ccccc2)c1. The van der Waals surface area contributed by atoms with E-state index in [9.17, 15) is 4.79 Å². The maximum Gasteiger partial charge on any atom is 0.338 e. The highest BCUT2D eigenvalue weighted by Crippen LogP contribution is 2.08. The topological polar surface area (TPSA) is 109 Å². The summed E-state index contributed by atoms with van der Waals surface area (Å²) in [5.74, 6) is 5.57. The van der Waals surface area contributed by atoms with Gasteiger partial charge in [0.15, 0.2) is 0 Å². The van der Waals surface area contributed by atoms with Gasteiger partial charge >= 0.3 is 5.97 Å². The largest absolute Gasteiger partial charge is 0.457 e. The summed E-state index contributed by atoms with van der Waals surface area (Å²) in [6.07, 6.45) is 0. The summed E-state index contributed by atoms with van der Waals surface area (Å²) in [6, 6.07) is 16.6. The molecule has 0 atom stereocenters. The van der Waals surface area contributed by atoms with E-state index in [2.05, 4.69) is 11.8 Å². The molecule has 0 saturated carbocycles. The molecule has 0 bridgehead atoms. The first-order valence-corrected chi connectivity index (χ1v) is 15.2. The summed E-state index contributed by atoms with van der Waals surface area (Å²) < 4.78 is 53.8. The van der Waals surface area contributed by atoms with Crippen molar-refractivity contribution in [1.29, 1.82) is 0 Å². The predicted octanol–water partition coefficient (Wildman–Crippen LogP) is 3.17. The minimum absolute atomic E-state index is 0.228. The molecule has 2 aromatic rings. The Labute approximate surface area is 267 Å². The van der Waals surface area contributed by atoms with Crippen LogP contribution in [0.5, 0.6) is 0 Å². The second kappa shape index (κ2) is 28.6. The Hall–Kier alpha value is -2.89. The van der Waals surface area contributed by atoms with Crippen LogP contribution >= 0.6 is 0 Å². The number of ether oxygens (including phenoxy) is 10. The number of methoxy groups -OCH3 is 1. The molecule has 11 heteroatoms. The smallest absolute Gasteiger partial charge is 0.338 e. The lowest BCUT2D eigenvalue weighted by atomic mass is 10.1. The maximum absolute atomic E-state index is 12.3. The standard InChI is InChI=1S/C34H48O11/c1-36-13-14-38-17-18-40-21-22-42-25-26-44-28-27-43-24-23-41-20-19-39-16-15-37-12-6-10-31-9-5-11-33(29-31)34(35)45-30-32-7-3-2-4-8-32/h2-5,7-9,11,29H,12-28,30H2,1H3. The van der Waals surface area contributed by atoms with E-state index in [0.29, 0.717) is 111 Å². The first kappa shape index (κ1) is 38.3. The van der Waals surface area contributed by atoms with Gasteiger partial charge in [-0.05, 0) is 23.8 Å². The van der Waals surface area contributed by atoms with Crippen LogP contribution in [0.1, 0.15) is 21.5 Å². The second-order valence-corrected chi connectivity index (χ2v) is 9.28. The summed E-state index contributed by atoms with van der Waals surface area (Å²) in [5, 5.41) is 0. The number of benzene rings is 2. The molecule has 2 rings (SSSR count). The van der Waals surface area contributed by atoms with Crippen LogP contribution < -0.4 is 0 Å². The van der Waals surface area contributed by atoms with E-state index in [1.165, 1.54) is 0 Å². The molecule has 0 N–H and O–H groups in total. The molecule has 0 heterocycles. The van der Waals surface area contributed by atoms with Crippen molar-refractivity contribution in [3.05, 3.63) is 71.3 Å². The summed E-state index contributed by atoms with van der Waals surface area (Å²) in [6.45, 7) is 8.62. The monoisotopic (exact) mass is 632 g/mol. The van der Waals surface area contributed by atoms with Gasteiger partial charge in [0.2, 0.25) is 0 Å². The van der Waals surface area contributed by atoms with Crippen molar-refractivity contribution in [2.24, 2.45) is 0 Å². The molecule has 0 aliphatic carbocycles. The zero-order valence-electron chi connectivity index (χ0n) is 26.4. The van der Waals surface area contributed by atoms with E-state index in [4.69, 9.17) is 47.4 Å². The normalized spacial score (nSPS) is 10.9. The molecule has 0 radical (unpaired) electrons. The molecule has 45 heavy (non-hydrogen) atoms. The van der Waals surface area contributed by atoms with Gasteiger partial charge in [-0.3, -0.25) is 0 Å². The van der Waals surface area contributed by atoms with Crippen molar-refractivity contribution in [3.63, 3.8) is 0 Å². The van der Waals surface area contributed by atoms with Gasteiger partial charge < -0.3 is 47.4 Å². The number of hydrogen-bond donors (Lipinski definition) is 0. The Bertz CT molecular complexity index is 1040. The highest BCUT2D eigenvalue weighted by atomic mass is 16.6. The highest BCUT2D eigenvalue weighted by molar-refractivity contribution is 5.89. The van der Waals surface area contributed by atoms with Gasteiger partial charge in [0.05, 0.1) is 111 Å². The molecular formula is C34H48O11. The minimum atomic E-state index is -0.384. The molecule has 0 amide bonds. The van der Waals surface area contributed by atoms with Crippen LogP contribution in [0.25, 0.3) is 0 Å². The fourth-order valence-corrected chi connectivity index (χ4v) is 3.47. The number of carbonyl (C=O) groups is 1. The van der Waals surface area contributed by atoms with Crippen LogP contribution in [-0.4, -0.2) is 125 Å². The number of rotatable bonds is 28. The molecule has 0 fully saturated rings. The van der Waals surface area contributed by atoms with E-state index >= 15 is 0 Å². The van der Waals surface area contributed by atoms with E-state index in [-0.39, 0.29) is 19.2 Å². The molecule has 250 valence electrons. The fourth-order valence-electron chi connectivity index (χ4n) is 3.47. The lowest BCUT2D eigenvalue weighted by molar-refractivity contribution is -0.0238. The van der Waals surface area contributed by atoms with Gasteiger partial charge in [-0.1, -0.05) is 48.2 Å². The first-order valence-electron chi connectivity index (χ1n) is 15.2. The molecule has 0 aliphatic heterocycles. The summed E-state index contributed by atoms with van der Waals surface area (Å²) in [7, 11) is 1.64. The van der Waals surface area contributed by atoms with Crippen LogP contribution in [0.4, 0.5) is 0 Å². The maximum atomic E-state index is 12.3. The Kier molecular flexibility index (Phi) is 24.3. The van der Waals surface area contributed by atoms with E-state index in [0.717, 1.165) is 11.1 Å². The molecule has 0 spiro atoms. The summed E-state index contributed by atoms with van der Waals surface area (Å²) in [4.78, 5) is 12.3. The Morgan fingerprint density at radius 3 is 1.51 bits per heavy atom. The van der Waals surface area contributed by atoms with Gasteiger partial charge in [-0.2, -0.15) is 0 Å². The Morgan fingerprint density at radius 2 is 1.02 bits per heavy atom. The summed E-state index contributed by atoms with van der Waals surface area (Å²) >= 11 is 0. The highest BCUT2D eigenvalue weighted by Gasteiger charge is 2.07. The number of carbonyl (C=O) groups excluding carboxylic acids is 1. The minimum Gasteiger partial charge on any atom is -0.457 e. The molecule has 0 aliphatic rings. The van der Waals surface area contributed by atoms with Crippen molar-refractivity contribution in [2.45, 2.75) is 6.61 Å². The van der Waals surface area contributed by atoms with Crippen molar-refractivity contribution < 1.29 is 52.2 Å². The first-order chi connectivity index (χ1) is 22.3. The van der Waals surface area contributed by atoms with E-state index in [1.54, 1.807) is 25.3 Å². The van der Waals surface area contributed by atoms with Crippen molar-refractivity contribution in [2.75, 3.05) is 119 Å². The lowest BCUT2D eigenvalue weighted by Gasteiger charge is -2.08. The van der Waals surface area contributed by atoms with E-state index in [1.807, 2.05) is 36.4 Å². The zero-order chi connectivity index (χ0) is 31.9. The van der Waals surface area contributed by atoms with Crippen LogP contribution in [0.3, 0.4) is 0 Å². The van der Waals surface area contributed by atoms with Gasteiger partial charge in [-0.15, -0.1) is 0 Å². The molecule has 0 aromatic heterocycles. The van der Waals surface area contributed by atoms with Crippen molar-refractivity contribution in [1.82, 2.24) is 0 Å². The fraction of sp³-hybridized carbons (Fsp3) is 0.559. The van der Waals surface area contributed by atoms with Crippen LogP contribution in [0.2, 0.25) is 0 Å². The van der Waals surface area contributed by atoms with E-state index < -0.39 is 0 Å². The lowest BCUT2D eigenvalue weighted by Crippen LogP contribution is -2.15. The van der Waals surface area contributed by atoms with Crippen molar-refractivity contribution >= 4 is 5.97 Å². The Morgan fingerprint density at radius 1 is 0.556 bits per heavy atom. The molecular weight excluding hydrogens is 584 g/mol. The van der Waals surface area contributed by atoms with Gasteiger partial charge in [0.25, 0.3) is 0 Å². The average Bonchev–Trinajstić information content (AvgIpc) is 3.07. The molecule has 11 nitrogen and oxygen atoms in total. The van der Waals surface area contributed by atoms with Crippen LogP contribution in [-0.2, 0) is 54.0 Å². The quantitative estimate of drug-likeness (QED) is 0.0784. The second-order valence-electron chi connectivity index (χ2n) is 9.28. The summed E-state index contributed by atoms with van der Waals surface area (Å²) in [5.41, 5.74) is 2.12. The van der Waals surface area contributed by atoms with Crippen LogP contribution in [0, 0.1) is 11.8 Å². The molecule has 0 saturated heterocycles. The third kappa shape index (κ3) is 22.3. The van der Waals surface area contributed by atoms with Crippen molar-refractivity contribution in [3.8, 4) is 11.8 Å². The zero-order valence-corrected chi connectivity index (χ0v) is 26.4. The Balaban J connectivity index is 1.31. The molecule has 0 unspecified atom stereocenters. The number of hydrogen-bond acceptors (Lipinski definition) is 11. The van der Waals surface area contributed by atoms with Gasteiger partial charge in [0.1, 0.15) is 13.2 Å². The average molecular weight is 633 g/mol. The third-order valence-electron chi connectivity index (χ3n) is 5.75. The predicted molar refractivity (Wildman–Crippen MR) is 167 cm³/mol. The van der Waals surface area contributed by atoms with Gasteiger partial charge in [-0.25, -0.2) is 4.79 Å². The third-order valence-corrected chi connectivity index (χ3v) is 5.75. The van der Waals surface area contributed by atoms with Crippen LogP contribution in [0.15, 0.2) is 54.6 Å².